The van der Waals surface area contributed by atoms with E-state index in [1.54, 1.807) is 16.8 Å². The molecular formula is C22H24ClN5O9S. The Labute approximate surface area is 224 Å². The molecule has 0 aliphatic rings. The van der Waals surface area contributed by atoms with Gasteiger partial charge in [0.25, 0.3) is 5.60 Å². The van der Waals surface area contributed by atoms with E-state index in [1.807, 2.05) is 5.92 Å². The van der Waals surface area contributed by atoms with Crippen LogP contribution in [-0.4, -0.2) is 101 Å². The van der Waals surface area contributed by atoms with Crippen LogP contribution in [0.5, 0.6) is 0 Å². The molecule has 3 atom stereocenters. The molecule has 0 saturated heterocycles. The van der Waals surface area contributed by atoms with Crippen molar-refractivity contribution in [2.24, 2.45) is 0 Å². The molecule has 3 aromatic heterocycles. The molecule has 0 spiro atoms. The largest absolute Gasteiger partial charge is 0.479 e. The number of aliphatic hydroxyl groups is 3. The van der Waals surface area contributed by atoms with Gasteiger partial charge in [0.15, 0.2) is 28.8 Å². The predicted molar refractivity (Wildman–Crippen MR) is 134 cm³/mol. The minimum absolute atomic E-state index is 0.0507. The number of carboxylic acids is 2. The highest BCUT2D eigenvalue weighted by molar-refractivity contribution is 7.07. The molecule has 0 fully saturated rings. The molecule has 0 saturated carbocycles. The first-order valence-electron chi connectivity index (χ1n) is 10.8. The molecule has 0 bridgehead atoms. The van der Waals surface area contributed by atoms with Gasteiger partial charge in [0, 0.05) is 20.1 Å². The fourth-order valence-electron chi connectivity index (χ4n) is 3.60. The van der Waals surface area contributed by atoms with Crippen LogP contribution >= 0.6 is 22.9 Å². The molecule has 0 amide bonds. The SMILES string of the molecule is C#C[C@@](O)([C@@H](COC(Cc1ccsc1)(C(=O)O)C(=O)O)OC)[C@@H](O)n1cnc2c(NCCO)nc(Cl)nc21. The fourth-order valence-corrected chi connectivity index (χ4v) is 4.44. The quantitative estimate of drug-likeness (QED) is 0.0857. The Bertz CT molecular complexity index is 1310. The predicted octanol–water partition coefficient (Wildman–Crippen LogP) is -0.0171. The topological polar surface area (TPSA) is 209 Å². The molecule has 3 aromatic rings. The van der Waals surface area contributed by atoms with Crippen molar-refractivity contribution in [1.82, 2.24) is 19.5 Å². The first kappa shape index (κ1) is 29.2. The van der Waals surface area contributed by atoms with Crippen molar-refractivity contribution in [1.29, 1.82) is 0 Å². The first-order valence-corrected chi connectivity index (χ1v) is 12.1. The number of carboxylic acid groups (broad SMARTS) is 2. The second-order valence-corrected chi connectivity index (χ2v) is 9.06. The molecule has 3 rings (SSSR count). The Kier molecular flexibility index (Phi) is 9.22. The van der Waals surface area contributed by atoms with E-state index in [2.05, 4.69) is 20.3 Å². The molecule has 0 aliphatic heterocycles. The number of rotatable bonds is 14. The summed E-state index contributed by atoms with van der Waals surface area (Å²) in [6.45, 7) is -0.961. The average Bonchev–Trinajstić information content (AvgIpc) is 3.55. The number of hydrogen-bond donors (Lipinski definition) is 6. The number of hydrogen-bond acceptors (Lipinski definition) is 12. The summed E-state index contributed by atoms with van der Waals surface area (Å²) in [6, 6.07) is 1.55. The number of thiophene rings is 1. The van der Waals surface area contributed by atoms with Crippen molar-refractivity contribution in [2.75, 3.05) is 32.2 Å². The van der Waals surface area contributed by atoms with Gasteiger partial charge in [0.2, 0.25) is 5.28 Å². The van der Waals surface area contributed by atoms with Gasteiger partial charge in [-0.3, -0.25) is 4.57 Å². The van der Waals surface area contributed by atoms with Crippen LogP contribution in [0.25, 0.3) is 11.2 Å². The highest BCUT2D eigenvalue weighted by Gasteiger charge is 2.51. The molecule has 0 aromatic carbocycles. The maximum Gasteiger partial charge on any atom is 0.348 e. The molecule has 0 aliphatic carbocycles. The lowest BCUT2D eigenvalue weighted by atomic mass is 9.93. The highest BCUT2D eigenvalue weighted by Crippen LogP contribution is 2.32. The second kappa shape index (κ2) is 12.0. The van der Waals surface area contributed by atoms with Gasteiger partial charge in [0.1, 0.15) is 6.10 Å². The number of aromatic nitrogens is 4. The minimum Gasteiger partial charge on any atom is -0.479 e. The van der Waals surface area contributed by atoms with Gasteiger partial charge in [-0.1, -0.05) is 5.92 Å². The smallest absolute Gasteiger partial charge is 0.348 e. The number of methoxy groups -OCH3 is 1. The molecule has 14 nitrogen and oxygen atoms in total. The third-order valence-corrected chi connectivity index (χ3v) is 6.57. The molecular weight excluding hydrogens is 546 g/mol. The van der Waals surface area contributed by atoms with Gasteiger partial charge in [-0.25, -0.2) is 14.6 Å². The zero-order valence-electron chi connectivity index (χ0n) is 19.8. The van der Waals surface area contributed by atoms with E-state index in [1.165, 1.54) is 11.3 Å². The van der Waals surface area contributed by atoms with Gasteiger partial charge in [0.05, 0.1) is 19.5 Å². The van der Waals surface area contributed by atoms with Gasteiger partial charge in [-0.05, 0) is 34.0 Å². The monoisotopic (exact) mass is 569 g/mol. The van der Waals surface area contributed by atoms with Crippen LogP contribution in [-0.2, 0) is 25.5 Å². The fraction of sp³-hybridized carbons (Fsp3) is 0.409. The summed E-state index contributed by atoms with van der Waals surface area (Å²) in [7, 11) is 1.10. The van der Waals surface area contributed by atoms with E-state index in [4.69, 9.17) is 32.6 Å². The lowest BCUT2D eigenvalue weighted by Crippen LogP contribution is -2.56. The summed E-state index contributed by atoms with van der Waals surface area (Å²) in [5, 5.41) is 56.9. The number of fused-ring (bicyclic) bond motifs is 1. The summed E-state index contributed by atoms with van der Waals surface area (Å²) in [5.74, 6) is -1.42. The van der Waals surface area contributed by atoms with Crippen LogP contribution in [0.4, 0.5) is 5.82 Å². The molecule has 16 heteroatoms. The number of halogens is 1. The van der Waals surface area contributed by atoms with Crippen LogP contribution in [0.2, 0.25) is 5.28 Å². The number of aliphatic hydroxyl groups excluding tert-OH is 2. The van der Waals surface area contributed by atoms with E-state index in [0.717, 1.165) is 18.0 Å². The molecule has 6 N–H and O–H groups in total. The third-order valence-electron chi connectivity index (χ3n) is 5.67. The van der Waals surface area contributed by atoms with Crippen molar-refractivity contribution in [3.8, 4) is 12.3 Å². The maximum absolute atomic E-state index is 12.1. The summed E-state index contributed by atoms with van der Waals surface area (Å²) in [4.78, 5) is 36.2. The molecule has 38 heavy (non-hydrogen) atoms. The normalized spacial score (nSPS) is 14.9. The van der Waals surface area contributed by atoms with Crippen LogP contribution in [0.1, 0.15) is 11.8 Å². The summed E-state index contributed by atoms with van der Waals surface area (Å²) >= 11 is 7.23. The lowest BCUT2D eigenvalue weighted by molar-refractivity contribution is -0.202. The number of aliphatic carboxylic acids is 2. The number of carbonyl (C=O) groups is 2. The first-order chi connectivity index (χ1) is 18.0. The Morgan fingerprint density at radius 3 is 2.61 bits per heavy atom. The van der Waals surface area contributed by atoms with Crippen molar-refractivity contribution in [3.05, 3.63) is 34.0 Å². The summed E-state index contributed by atoms with van der Waals surface area (Å²) in [6.07, 6.45) is 2.49. The highest BCUT2D eigenvalue weighted by atomic mass is 35.5. The number of terminal acetylenes is 1. The van der Waals surface area contributed by atoms with Crippen LogP contribution in [0.3, 0.4) is 0 Å². The molecule has 204 valence electrons. The minimum atomic E-state index is -2.74. The van der Waals surface area contributed by atoms with E-state index in [9.17, 15) is 30.0 Å². The Hall–Kier alpha value is -3.36. The zero-order valence-corrected chi connectivity index (χ0v) is 21.4. The van der Waals surface area contributed by atoms with E-state index < -0.39 is 48.5 Å². The van der Waals surface area contributed by atoms with Crippen LogP contribution in [0, 0.1) is 12.3 Å². The Morgan fingerprint density at radius 2 is 2.05 bits per heavy atom. The van der Waals surface area contributed by atoms with Crippen LogP contribution < -0.4 is 5.32 Å². The maximum atomic E-state index is 12.1. The van der Waals surface area contributed by atoms with Gasteiger partial charge in [-0.15, -0.1) is 6.42 Å². The van der Waals surface area contributed by atoms with Gasteiger partial charge < -0.3 is 40.3 Å². The van der Waals surface area contributed by atoms with Crippen molar-refractivity contribution in [2.45, 2.75) is 30.0 Å². The zero-order chi connectivity index (χ0) is 28.1. The summed E-state index contributed by atoms with van der Waals surface area (Å²) < 4.78 is 11.6. The number of nitrogens with zero attached hydrogens (tertiary/aromatic N) is 4. The molecule has 3 heterocycles. The lowest BCUT2D eigenvalue weighted by Gasteiger charge is -2.36. The van der Waals surface area contributed by atoms with E-state index >= 15 is 0 Å². The Morgan fingerprint density at radius 1 is 1.34 bits per heavy atom. The summed E-state index contributed by atoms with van der Waals surface area (Å²) in [5.41, 5.74) is -4.88. The van der Waals surface area contributed by atoms with Gasteiger partial charge >= 0.3 is 11.9 Å². The molecule has 0 unspecified atom stereocenters. The Balaban J connectivity index is 1.95. The number of anilines is 1. The van der Waals surface area contributed by atoms with Gasteiger partial charge in [-0.2, -0.15) is 21.3 Å². The van der Waals surface area contributed by atoms with Crippen molar-refractivity contribution in [3.63, 3.8) is 0 Å². The number of nitrogens with one attached hydrogen (secondary N) is 1. The van der Waals surface area contributed by atoms with Crippen LogP contribution in [0.15, 0.2) is 23.2 Å². The average molecular weight is 570 g/mol. The van der Waals surface area contributed by atoms with Crippen molar-refractivity contribution >= 4 is 51.9 Å². The third kappa shape index (κ3) is 5.56. The number of ether oxygens (including phenoxy) is 2. The number of imidazole rings is 1. The van der Waals surface area contributed by atoms with Crippen molar-refractivity contribution < 1.29 is 44.6 Å². The van der Waals surface area contributed by atoms with E-state index in [0.29, 0.717) is 5.56 Å². The standard InChI is InChI=1S/C22H24ClN5O9S/c1-3-21(35,17(30)28-11-25-14-15(24-5-6-29)26-20(23)27-16(14)28)13(36-2)9-37-22(18(31)32,19(33)34)8-12-4-7-38-10-12/h1,4,7,10-11,13,17,29-30,35H,5-6,8-9H2,2H3,(H,31,32)(H,33,34)(H,24,26,27)/t13-,17-,21-/m1/s1. The van der Waals surface area contributed by atoms with E-state index in [-0.39, 0.29) is 35.4 Å². The second-order valence-electron chi connectivity index (χ2n) is 7.94. The molecule has 0 radical (unpaired) electrons.